The molecule has 1 unspecified atom stereocenters. The van der Waals surface area contributed by atoms with E-state index in [2.05, 4.69) is 0 Å². The molecule has 4 nitrogen and oxygen atoms in total. The van der Waals surface area contributed by atoms with Gasteiger partial charge in [0.15, 0.2) is 0 Å². The summed E-state index contributed by atoms with van der Waals surface area (Å²) in [5.74, 6) is -0.876. The van der Waals surface area contributed by atoms with Crippen LogP contribution in [0.25, 0.3) is 0 Å². The number of hydrogen-bond donors (Lipinski definition) is 3. The first kappa shape index (κ1) is 12.5. The highest BCUT2D eigenvalue weighted by Gasteiger charge is 2.33. The van der Waals surface area contributed by atoms with Crippen molar-refractivity contribution < 1.29 is 15.0 Å². The fourth-order valence-corrected chi connectivity index (χ4v) is 1.75. The predicted molar refractivity (Wildman–Crippen MR) is 61.3 cm³/mol. The first-order valence-corrected chi connectivity index (χ1v) is 5.28. The number of carboxylic acids is 1. The number of hydrogen-bond acceptors (Lipinski definition) is 3. The number of carboxylic acid groups (broad SMARTS) is 1. The summed E-state index contributed by atoms with van der Waals surface area (Å²) in [6.45, 7) is 1.90. The second-order valence-corrected chi connectivity index (χ2v) is 4.06. The smallest absolute Gasteiger partial charge is 0.324 e. The summed E-state index contributed by atoms with van der Waals surface area (Å²) in [5, 5.41) is 18.4. The lowest BCUT2D eigenvalue weighted by molar-refractivity contribution is -0.143. The molecule has 0 bridgehead atoms. The van der Waals surface area contributed by atoms with E-state index in [0.717, 1.165) is 5.56 Å². The van der Waals surface area contributed by atoms with Crippen LogP contribution < -0.4 is 5.73 Å². The SMILES string of the molecule is CCCC(N)(Cc1cccc(O)c1)C(=O)O. The minimum absolute atomic E-state index is 0.127. The topological polar surface area (TPSA) is 83.5 Å². The number of nitrogens with two attached hydrogens (primary N) is 1. The van der Waals surface area contributed by atoms with Crippen molar-refractivity contribution in [3.8, 4) is 5.75 Å². The Bertz CT molecular complexity index is 378. The van der Waals surface area contributed by atoms with Crippen LogP contribution in [0.15, 0.2) is 24.3 Å². The number of benzene rings is 1. The van der Waals surface area contributed by atoms with Gasteiger partial charge in [0.2, 0.25) is 0 Å². The van der Waals surface area contributed by atoms with Gasteiger partial charge in [-0.3, -0.25) is 4.79 Å². The fourth-order valence-electron chi connectivity index (χ4n) is 1.75. The number of phenolic OH excluding ortho intramolecular Hbond substituents is 1. The van der Waals surface area contributed by atoms with Crippen LogP contribution in [-0.2, 0) is 11.2 Å². The van der Waals surface area contributed by atoms with E-state index >= 15 is 0 Å². The van der Waals surface area contributed by atoms with Gasteiger partial charge in [-0.25, -0.2) is 0 Å². The van der Waals surface area contributed by atoms with Gasteiger partial charge in [-0.15, -0.1) is 0 Å². The van der Waals surface area contributed by atoms with Crippen molar-refractivity contribution in [1.82, 2.24) is 0 Å². The van der Waals surface area contributed by atoms with Crippen molar-refractivity contribution in [3.05, 3.63) is 29.8 Å². The maximum absolute atomic E-state index is 11.1. The van der Waals surface area contributed by atoms with Crippen LogP contribution in [-0.4, -0.2) is 21.7 Å². The lowest BCUT2D eigenvalue weighted by Crippen LogP contribution is -2.49. The van der Waals surface area contributed by atoms with Crippen molar-refractivity contribution >= 4 is 5.97 Å². The molecule has 0 aliphatic rings. The van der Waals surface area contributed by atoms with Crippen LogP contribution >= 0.6 is 0 Å². The maximum atomic E-state index is 11.1. The van der Waals surface area contributed by atoms with Gasteiger partial charge >= 0.3 is 5.97 Å². The van der Waals surface area contributed by atoms with Gasteiger partial charge in [0.1, 0.15) is 11.3 Å². The monoisotopic (exact) mass is 223 g/mol. The average molecular weight is 223 g/mol. The molecule has 16 heavy (non-hydrogen) atoms. The number of carbonyl (C=O) groups is 1. The first-order chi connectivity index (χ1) is 7.48. The molecule has 88 valence electrons. The van der Waals surface area contributed by atoms with E-state index in [-0.39, 0.29) is 12.2 Å². The Morgan fingerprint density at radius 1 is 1.50 bits per heavy atom. The zero-order valence-electron chi connectivity index (χ0n) is 9.31. The van der Waals surface area contributed by atoms with E-state index in [9.17, 15) is 9.90 Å². The minimum Gasteiger partial charge on any atom is -0.508 e. The highest BCUT2D eigenvalue weighted by atomic mass is 16.4. The zero-order valence-corrected chi connectivity index (χ0v) is 9.31. The molecule has 4 heteroatoms. The van der Waals surface area contributed by atoms with E-state index in [1.54, 1.807) is 24.3 Å². The molecule has 0 aromatic heterocycles. The molecule has 0 amide bonds. The molecule has 0 aliphatic heterocycles. The normalized spacial score (nSPS) is 14.4. The molecule has 0 aliphatic carbocycles. The van der Waals surface area contributed by atoms with Gasteiger partial charge in [-0.05, 0) is 24.1 Å². The van der Waals surface area contributed by atoms with Crippen LogP contribution in [0.2, 0.25) is 0 Å². The highest BCUT2D eigenvalue weighted by Crippen LogP contribution is 2.20. The lowest BCUT2D eigenvalue weighted by Gasteiger charge is -2.24. The summed E-state index contributed by atoms with van der Waals surface area (Å²) in [6, 6.07) is 6.53. The minimum atomic E-state index is -1.25. The Morgan fingerprint density at radius 2 is 2.19 bits per heavy atom. The van der Waals surface area contributed by atoms with Gasteiger partial charge in [-0.1, -0.05) is 25.5 Å². The third-order valence-electron chi connectivity index (χ3n) is 2.55. The van der Waals surface area contributed by atoms with Crippen LogP contribution in [0.5, 0.6) is 5.75 Å². The Morgan fingerprint density at radius 3 is 2.69 bits per heavy atom. The summed E-state index contributed by atoms with van der Waals surface area (Å²) in [5.41, 5.74) is 5.34. The highest BCUT2D eigenvalue weighted by molar-refractivity contribution is 5.78. The van der Waals surface area contributed by atoms with E-state index in [1.165, 1.54) is 0 Å². The van der Waals surface area contributed by atoms with Crippen molar-refractivity contribution in [1.29, 1.82) is 0 Å². The molecular formula is C12H17NO3. The van der Waals surface area contributed by atoms with E-state index < -0.39 is 11.5 Å². The zero-order chi connectivity index (χ0) is 12.2. The Labute approximate surface area is 94.7 Å². The van der Waals surface area contributed by atoms with Crippen molar-refractivity contribution in [2.24, 2.45) is 5.73 Å². The van der Waals surface area contributed by atoms with Gasteiger partial charge in [0.25, 0.3) is 0 Å². The van der Waals surface area contributed by atoms with Crippen molar-refractivity contribution in [2.75, 3.05) is 0 Å². The van der Waals surface area contributed by atoms with Gasteiger partial charge < -0.3 is 15.9 Å². The van der Waals surface area contributed by atoms with E-state index in [1.807, 2.05) is 6.92 Å². The molecule has 1 aromatic rings. The quantitative estimate of drug-likeness (QED) is 0.706. The lowest BCUT2D eigenvalue weighted by atomic mass is 9.87. The first-order valence-electron chi connectivity index (χ1n) is 5.28. The molecule has 1 atom stereocenters. The molecule has 1 aromatic carbocycles. The largest absolute Gasteiger partial charge is 0.508 e. The molecule has 0 radical (unpaired) electrons. The van der Waals surface area contributed by atoms with Gasteiger partial charge in [0.05, 0.1) is 0 Å². The summed E-state index contributed by atoms with van der Waals surface area (Å²) in [6.07, 6.45) is 1.35. The Hall–Kier alpha value is -1.55. The number of rotatable bonds is 5. The molecule has 0 spiro atoms. The molecule has 0 saturated carbocycles. The number of aliphatic carboxylic acids is 1. The Kier molecular flexibility index (Phi) is 3.90. The third-order valence-corrected chi connectivity index (χ3v) is 2.55. The van der Waals surface area contributed by atoms with Crippen LogP contribution in [0.3, 0.4) is 0 Å². The van der Waals surface area contributed by atoms with E-state index in [0.29, 0.717) is 12.8 Å². The van der Waals surface area contributed by atoms with Crippen LogP contribution in [0.4, 0.5) is 0 Å². The van der Waals surface area contributed by atoms with Gasteiger partial charge in [-0.2, -0.15) is 0 Å². The predicted octanol–water partition coefficient (Wildman–Crippen LogP) is 1.52. The van der Waals surface area contributed by atoms with Crippen molar-refractivity contribution in [2.45, 2.75) is 31.7 Å². The standard InChI is InChI=1S/C12H17NO3/c1-2-6-12(13,11(15)16)8-9-4-3-5-10(14)7-9/h3-5,7,14H,2,6,8,13H2,1H3,(H,15,16). The van der Waals surface area contributed by atoms with E-state index in [4.69, 9.17) is 10.8 Å². The third kappa shape index (κ3) is 2.97. The number of phenols is 1. The van der Waals surface area contributed by atoms with Crippen molar-refractivity contribution in [3.63, 3.8) is 0 Å². The number of aromatic hydroxyl groups is 1. The fraction of sp³-hybridized carbons (Fsp3) is 0.417. The molecular weight excluding hydrogens is 206 g/mol. The molecule has 1 rings (SSSR count). The molecule has 0 fully saturated rings. The maximum Gasteiger partial charge on any atom is 0.324 e. The summed E-state index contributed by atoms with van der Waals surface area (Å²) < 4.78 is 0. The Balaban J connectivity index is 2.87. The second kappa shape index (κ2) is 4.99. The van der Waals surface area contributed by atoms with Crippen LogP contribution in [0, 0.1) is 0 Å². The summed E-state index contributed by atoms with van der Waals surface area (Å²) >= 11 is 0. The average Bonchev–Trinajstić information content (AvgIpc) is 2.17. The second-order valence-electron chi connectivity index (χ2n) is 4.06. The molecule has 4 N–H and O–H groups in total. The molecule has 0 heterocycles. The summed E-state index contributed by atoms with van der Waals surface area (Å²) in [4.78, 5) is 11.1. The van der Waals surface area contributed by atoms with Gasteiger partial charge in [0, 0.05) is 6.42 Å². The summed E-state index contributed by atoms with van der Waals surface area (Å²) in [7, 11) is 0. The van der Waals surface area contributed by atoms with Crippen LogP contribution in [0.1, 0.15) is 25.3 Å². The molecule has 0 saturated heterocycles.